The molecule has 0 spiro atoms. The molecule has 1 aromatic heterocycles. The van der Waals surface area contributed by atoms with E-state index in [1.807, 2.05) is 25.6 Å². The van der Waals surface area contributed by atoms with Crippen molar-refractivity contribution in [2.45, 2.75) is 44.2 Å². The Labute approximate surface area is 122 Å². The van der Waals surface area contributed by atoms with Gasteiger partial charge in [-0.1, -0.05) is 6.92 Å². The fourth-order valence-corrected chi connectivity index (χ4v) is 4.71. The van der Waals surface area contributed by atoms with Gasteiger partial charge >= 0.3 is 0 Å². The van der Waals surface area contributed by atoms with Gasteiger partial charge in [0.2, 0.25) is 10.0 Å². The zero-order valence-corrected chi connectivity index (χ0v) is 13.6. The first-order valence-electron chi connectivity index (χ1n) is 7.19. The van der Waals surface area contributed by atoms with Crippen LogP contribution in [0.15, 0.2) is 17.2 Å². The molecule has 1 N–H and O–H groups in total. The second kappa shape index (κ2) is 5.87. The van der Waals surface area contributed by atoms with Crippen LogP contribution in [0, 0.1) is 5.92 Å². The van der Waals surface area contributed by atoms with Crippen molar-refractivity contribution in [2.75, 3.05) is 13.6 Å². The third-order valence-corrected chi connectivity index (χ3v) is 6.31. The van der Waals surface area contributed by atoms with Crippen molar-refractivity contribution < 1.29 is 8.42 Å². The molecule has 2 unspecified atom stereocenters. The molecule has 0 aromatic carbocycles. The minimum Gasteiger partial charge on any atom is -0.352 e. The highest BCUT2D eigenvalue weighted by molar-refractivity contribution is 7.89. The van der Waals surface area contributed by atoms with Crippen LogP contribution >= 0.6 is 0 Å². The Kier molecular flexibility index (Phi) is 4.56. The molecule has 1 aliphatic heterocycles. The van der Waals surface area contributed by atoms with Crippen LogP contribution in [-0.2, 0) is 23.6 Å². The summed E-state index contributed by atoms with van der Waals surface area (Å²) in [6, 6.07) is 1.85. The van der Waals surface area contributed by atoms with Crippen molar-refractivity contribution in [3.05, 3.63) is 18.0 Å². The fourth-order valence-electron chi connectivity index (χ4n) is 2.85. The van der Waals surface area contributed by atoms with E-state index in [1.165, 1.54) is 0 Å². The third kappa shape index (κ3) is 2.77. The van der Waals surface area contributed by atoms with E-state index in [4.69, 9.17) is 0 Å². The van der Waals surface area contributed by atoms with Crippen LogP contribution in [0.1, 0.15) is 32.4 Å². The second-order valence-electron chi connectivity index (χ2n) is 5.78. The van der Waals surface area contributed by atoms with Gasteiger partial charge in [-0.15, -0.1) is 0 Å². The average Bonchev–Trinajstić information content (AvgIpc) is 2.75. The summed E-state index contributed by atoms with van der Waals surface area (Å²) in [5.41, 5.74) is 0.976. The summed E-state index contributed by atoms with van der Waals surface area (Å²) in [7, 11) is 0.360. The molecule has 1 aromatic rings. The van der Waals surface area contributed by atoms with Gasteiger partial charge in [0.05, 0.1) is 0 Å². The van der Waals surface area contributed by atoms with Crippen molar-refractivity contribution in [1.29, 1.82) is 0 Å². The maximum Gasteiger partial charge on any atom is 0.244 e. The van der Waals surface area contributed by atoms with Crippen molar-refractivity contribution in [1.82, 2.24) is 14.2 Å². The van der Waals surface area contributed by atoms with Crippen LogP contribution in [0.2, 0.25) is 0 Å². The minimum atomic E-state index is -3.38. The number of sulfonamides is 1. The average molecular weight is 299 g/mol. The molecule has 0 radical (unpaired) electrons. The van der Waals surface area contributed by atoms with Crippen LogP contribution in [0.25, 0.3) is 0 Å². The molecule has 0 amide bonds. The van der Waals surface area contributed by atoms with E-state index in [0.717, 1.165) is 18.5 Å². The quantitative estimate of drug-likeness (QED) is 0.918. The lowest BCUT2D eigenvalue weighted by Crippen LogP contribution is -2.45. The summed E-state index contributed by atoms with van der Waals surface area (Å²) in [6.07, 6.45) is 3.77. The van der Waals surface area contributed by atoms with Gasteiger partial charge in [-0.05, 0) is 38.8 Å². The Morgan fingerprint density at radius 3 is 2.75 bits per heavy atom. The predicted molar refractivity (Wildman–Crippen MR) is 79.9 cm³/mol. The summed E-state index contributed by atoms with van der Waals surface area (Å²) in [4.78, 5) is 0.409. The minimum absolute atomic E-state index is 0.0710. The van der Waals surface area contributed by atoms with E-state index in [0.29, 0.717) is 23.9 Å². The van der Waals surface area contributed by atoms with Gasteiger partial charge in [0.15, 0.2) is 0 Å². The summed E-state index contributed by atoms with van der Waals surface area (Å²) < 4.78 is 29.2. The monoisotopic (exact) mass is 299 g/mol. The molecule has 1 saturated heterocycles. The molecule has 2 heterocycles. The van der Waals surface area contributed by atoms with Crippen LogP contribution in [-0.4, -0.2) is 36.9 Å². The Bertz CT molecular complexity index is 565. The Morgan fingerprint density at radius 1 is 1.40 bits per heavy atom. The van der Waals surface area contributed by atoms with E-state index in [1.54, 1.807) is 16.6 Å². The number of piperidine rings is 1. The van der Waals surface area contributed by atoms with Crippen LogP contribution < -0.4 is 5.32 Å². The molecule has 0 bridgehead atoms. The number of hydrogen-bond acceptors (Lipinski definition) is 3. The lowest BCUT2D eigenvalue weighted by atomic mass is 9.94. The summed E-state index contributed by atoms with van der Waals surface area (Å²) in [5.74, 6) is 0.416. The van der Waals surface area contributed by atoms with Gasteiger partial charge in [0.25, 0.3) is 0 Å². The number of nitrogens with zero attached hydrogens (tertiary/aromatic N) is 2. The van der Waals surface area contributed by atoms with Gasteiger partial charge in [-0.25, -0.2) is 8.42 Å². The van der Waals surface area contributed by atoms with Crippen LogP contribution in [0.5, 0.6) is 0 Å². The smallest absolute Gasteiger partial charge is 0.244 e. The molecule has 2 atom stereocenters. The zero-order chi connectivity index (χ0) is 14.9. The van der Waals surface area contributed by atoms with Crippen LogP contribution in [0.4, 0.5) is 0 Å². The molecular weight excluding hydrogens is 274 g/mol. The third-order valence-electron chi connectivity index (χ3n) is 4.36. The highest BCUT2D eigenvalue weighted by atomic mass is 32.2. The first-order valence-corrected chi connectivity index (χ1v) is 8.63. The molecule has 0 saturated carbocycles. The summed E-state index contributed by atoms with van der Waals surface area (Å²) in [6.45, 7) is 5.44. The van der Waals surface area contributed by atoms with Crippen LogP contribution in [0.3, 0.4) is 0 Å². The molecular formula is C14H25N3O2S. The lowest BCUT2D eigenvalue weighted by molar-refractivity contribution is 0.202. The number of aryl methyl sites for hydroxylation is 1. The summed E-state index contributed by atoms with van der Waals surface area (Å²) >= 11 is 0. The molecule has 5 nitrogen and oxygen atoms in total. The SMILES string of the molecule is CNCc1cc(S(=O)(=O)N2CCCC(C)C2C)cn1C. The fraction of sp³-hybridized carbons (Fsp3) is 0.714. The number of hydrogen-bond donors (Lipinski definition) is 1. The molecule has 0 aliphatic carbocycles. The number of nitrogens with one attached hydrogen (secondary N) is 1. The molecule has 1 aliphatic rings. The van der Waals surface area contributed by atoms with Crippen molar-refractivity contribution in [2.24, 2.45) is 13.0 Å². The Hall–Kier alpha value is -0.850. The van der Waals surface area contributed by atoms with Gasteiger partial charge < -0.3 is 9.88 Å². The lowest BCUT2D eigenvalue weighted by Gasteiger charge is -2.36. The van der Waals surface area contributed by atoms with E-state index in [9.17, 15) is 8.42 Å². The van der Waals surface area contributed by atoms with Gasteiger partial charge in [0, 0.05) is 38.1 Å². The van der Waals surface area contributed by atoms with Crippen molar-refractivity contribution in [3.63, 3.8) is 0 Å². The number of aromatic nitrogens is 1. The molecule has 6 heteroatoms. The molecule has 20 heavy (non-hydrogen) atoms. The standard InChI is InChI=1S/C14H25N3O2S/c1-11-6-5-7-17(12(11)2)20(18,19)14-8-13(9-15-3)16(4)10-14/h8,10-12,15H,5-7,9H2,1-4H3. The highest BCUT2D eigenvalue weighted by Crippen LogP contribution is 2.29. The maximum absolute atomic E-state index is 12.8. The molecule has 114 valence electrons. The largest absolute Gasteiger partial charge is 0.352 e. The van der Waals surface area contributed by atoms with Crippen molar-refractivity contribution in [3.8, 4) is 0 Å². The van der Waals surface area contributed by atoms with E-state index >= 15 is 0 Å². The maximum atomic E-state index is 12.8. The zero-order valence-electron chi connectivity index (χ0n) is 12.8. The molecule has 1 fully saturated rings. The first-order chi connectivity index (χ1) is 9.37. The van der Waals surface area contributed by atoms with E-state index in [-0.39, 0.29) is 6.04 Å². The predicted octanol–water partition coefficient (Wildman–Crippen LogP) is 1.55. The first kappa shape index (κ1) is 15.5. The topological polar surface area (TPSA) is 54.3 Å². The second-order valence-corrected chi connectivity index (χ2v) is 7.67. The normalized spacial score (nSPS) is 25.0. The van der Waals surface area contributed by atoms with E-state index in [2.05, 4.69) is 12.2 Å². The Morgan fingerprint density at radius 2 is 2.10 bits per heavy atom. The van der Waals surface area contributed by atoms with Crippen molar-refractivity contribution >= 4 is 10.0 Å². The summed E-state index contributed by atoms with van der Waals surface area (Å²) in [5, 5.41) is 3.06. The highest BCUT2D eigenvalue weighted by Gasteiger charge is 2.35. The van der Waals surface area contributed by atoms with Gasteiger partial charge in [-0.3, -0.25) is 0 Å². The Balaban J connectivity index is 2.32. The van der Waals surface area contributed by atoms with Gasteiger partial charge in [0.1, 0.15) is 4.90 Å². The molecule has 2 rings (SSSR count). The van der Waals surface area contributed by atoms with Gasteiger partial charge in [-0.2, -0.15) is 4.31 Å². The van der Waals surface area contributed by atoms with E-state index < -0.39 is 10.0 Å². The number of rotatable bonds is 4.